The summed E-state index contributed by atoms with van der Waals surface area (Å²) < 4.78 is 40.9. The van der Waals surface area contributed by atoms with Gasteiger partial charge in [-0.25, -0.2) is 4.79 Å². The average Bonchev–Trinajstić information content (AvgIpc) is 2.86. The molecule has 0 saturated carbocycles. The van der Waals surface area contributed by atoms with Gasteiger partial charge in [0.25, 0.3) is 10.1 Å². The van der Waals surface area contributed by atoms with Crippen molar-refractivity contribution in [3.8, 4) is 0 Å². The topological polar surface area (TPSA) is 137 Å². The van der Waals surface area contributed by atoms with Crippen LogP contribution in [0.1, 0.15) is 39.5 Å². The zero-order valence-electron chi connectivity index (χ0n) is 16.2. The maximum atomic E-state index is 12.6. The molecule has 0 spiro atoms. The maximum Gasteiger partial charge on any atom is 0.356 e. The summed E-state index contributed by atoms with van der Waals surface area (Å²) in [6.45, 7) is 5.34. The van der Waals surface area contributed by atoms with E-state index in [1.165, 1.54) is 16.0 Å². The molecule has 0 atom stereocenters. The van der Waals surface area contributed by atoms with Gasteiger partial charge >= 0.3 is 11.1 Å². The van der Waals surface area contributed by atoms with Crippen molar-refractivity contribution < 1.29 is 27.2 Å². The number of esters is 1. The third-order valence-corrected chi connectivity index (χ3v) is 6.58. The number of nitrogens with zero attached hydrogens (tertiary/aromatic N) is 1. The van der Waals surface area contributed by atoms with Crippen LogP contribution >= 0.6 is 11.3 Å². The van der Waals surface area contributed by atoms with Crippen molar-refractivity contribution in [1.82, 2.24) is 0 Å². The van der Waals surface area contributed by atoms with Crippen LogP contribution in [0.3, 0.4) is 0 Å². The highest BCUT2D eigenvalue weighted by atomic mass is 32.2. The van der Waals surface area contributed by atoms with Crippen LogP contribution in [0.25, 0.3) is 10.2 Å². The minimum absolute atomic E-state index is 0.0808. The molecule has 0 aliphatic heterocycles. The normalized spacial score (nSPS) is 11.7. The second-order valence-corrected chi connectivity index (χ2v) is 9.15. The number of aryl methyl sites for hydroxylation is 2. The van der Waals surface area contributed by atoms with Crippen LogP contribution in [0, 0.1) is 13.8 Å². The fourth-order valence-electron chi connectivity index (χ4n) is 3.46. The number of ether oxygens (including phenoxy) is 1. The van der Waals surface area contributed by atoms with E-state index < -0.39 is 16.1 Å². The molecule has 0 bridgehead atoms. The summed E-state index contributed by atoms with van der Waals surface area (Å²) >= 11 is 1.23. The molecular weight excluding hydrogens is 414 g/mol. The first-order chi connectivity index (χ1) is 13.5. The second-order valence-electron chi connectivity index (χ2n) is 6.73. The Morgan fingerprint density at radius 3 is 2.52 bits per heavy atom. The number of hydrogen-bond acceptors (Lipinski definition) is 7. The van der Waals surface area contributed by atoms with Crippen molar-refractivity contribution in [3.63, 3.8) is 0 Å². The van der Waals surface area contributed by atoms with Gasteiger partial charge < -0.3 is 4.74 Å². The van der Waals surface area contributed by atoms with E-state index in [1.54, 1.807) is 38.1 Å². The minimum Gasteiger partial charge on any atom is -0.462 e. The van der Waals surface area contributed by atoms with Crippen molar-refractivity contribution in [2.24, 2.45) is 0 Å². The summed E-state index contributed by atoms with van der Waals surface area (Å²) in [5.74, 6) is 5.45. The molecule has 3 aromatic rings. The van der Waals surface area contributed by atoms with Gasteiger partial charge in [0.05, 0.1) is 16.9 Å². The zero-order chi connectivity index (χ0) is 21.5. The second kappa shape index (κ2) is 7.62. The number of nitrogens with two attached hydrogens (primary N) is 2. The quantitative estimate of drug-likeness (QED) is 0.241. The number of rotatable bonds is 5. The van der Waals surface area contributed by atoms with Crippen molar-refractivity contribution in [1.29, 1.82) is 0 Å². The monoisotopic (exact) mass is 436 g/mol. The zero-order valence-corrected chi connectivity index (χ0v) is 17.9. The van der Waals surface area contributed by atoms with Crippen LogP contribution in [0.5, 0.6) is 0 Å². The first-order valence-electron chi connectivity index (χ1n) is 8.79. The predicted molar refractivity (Wildman–Crippen MR) is 111 cm³/mol. The molecule has 0 unspecified atom stereocenters. The van der Waals surface area contributed by atoms with Crippen molar-refractivity contribution >= 4 is 42.8 Å². The van der Waals surface area contributed by atoms with E-state index in [1.807, 2.05) is 6.92 Å². The van der Waals surface area contributed by atoms with E-state index in [0.717, 1.165) is 5.56 Å². The predicted octanol–water partition coefficient (Wildman–Crippen LogP) is 2.12. The van der Waals surface area contributed by atoms with Gasteiger partial charge in [-0.3, -0.25) is 16.1 Å². The van der Waals surface area contributed by atoms with Gasteiger partial charge in [0.2, 0.25) is 0 Å². The summed E-state index contributed by atoms with van der Waals surface area (Å²) in [4.78, 5) is 12.4. The number of benzene rings is 2. The molecule has 154 valence electrons. The number of nitrogen functional groups attached to an aromatic ring is 2. The maximum absolute atomic E-state index is 12.6. The largest absolute Gasteiger partial charge is 0.462 e. The Morgan fingerprint density at radius 1 is 1.21 bits per heavy atom. The molecule has 8 nitrogen and oxygen atoms in total. The molecule has 3 rings (SSSR count). The van der Waals surface area contributed by atoms with E-state index in [9.17, 15) is 17.8 Å². The van der Waals surface area contributed by atoms with Crippen LogP contribution in [0.15, 0.2) is 29.2 Å². The molecular formula is C19H22N3O5S2+. The lowest BCUT2D eigenvalue weighted by Crippen LogP contribution is -2.45. The number of anilines is 1. The van der Waals surface area contributed by atoms with Crippen LogP contribution in [-0.4, -0.2) is 25.5 Å². The molecule has 0 saturated heterocycles. The Balaban J connectivity index is 2.26. The first-order valence-corrected chi connectivity index (χ1v) is 11.0. The molecule has 5 N–H and O–H groups in total. The molecule has 10 heteroatoms. The molecule has 0 amide bonds. The Morgan fingerprint density at radius 2 is 1.90 bits per heavy atom. The Kier molecular flexibility index (Phi) is 5.52. The minimum atomic E-state index is -4.45. The van der Waals surface area contributed by atoms with Gasteiger partial charge in [0.1, 0.15) is 4.90 Å². The van der Waals surface area contributed by atoms with Gasteiger partial charge in [0, 0.05) is 0 Å². The van der Waals surface area contributed by atoms with E-state index in [4.69, 9.17) is 16.3 Å². The van der Waals surface area contributed by atoms with Crippen molar-refractivity contribution in [2.75, 3.05) is 18.2 Å². The number of carbonyl (C=O) groups excluding carboxylic acids is 1. The van der Waals surface area contributed by atoms with Gasteiger partial charge in [-0.2, -0.15) is 8.42 Å². The fraction of sp³-hybridized carbons (Fsp3) is 0.263. The van der Waals surface area contributed by atoms with Crippen molar-refractivity contribution in [3.05, 3.63) is 52.1 Å². The highest BCUT2D eigenvalue weighted by molar-refractivity contribution is 7.86. The van der Waals surface area contributed by atoms with Crippen LogP contribution in [0.2, 0.25) is 0 Å². The number of aromatic nitrogens is 1. The van der Waals surface area contributed by atoms with E-state index in [2.05, 4.69) is 0 Å². The molecule has 0 aliphatic rings. The van der Waals surface area contributed by atoms with E-state index in [-0.39, 0.29) is 17.9 Å². The van der Waals surface area contributed by atoms with Crippen molar-refractivity contribution in [2.45, 2.75) is 32.1 Å². The smallest absolute Gasteiger partial charge is 0.356 e. The SMILES string of the molecule is CCOC(=O)c1cc2sc(N)[n+](N)c2cc1Cc1cc(C)cc(C)c1S(=O)(=O)O. The first kappa shape index (κ1) is 21.0. The highest BCUT2D eigenvalue weighted by Gasteiger charge is 2.24. The molecule has 2 aromatic carbocycles. The number of fused-ring (bicyclic) bond motifs is 1. The molecule has 0 aliphatic carbocycles. The van der Waals surface area contributed by atoms with Gasteiger partial charge in [0.15, 0.2) is 5.52 Å². The number of hydrogen-bond donors (Lipinski definition) is 3. The van der Waals surface area contributed by atoms with Crippen LogP contribution in [-0.2, 0) is 21.3 Å². The summed E-state index contributed by atoms with van der Waals surface area (Å²) in [5.41, 5.74) is 8.94. The van der Waals surface area contributed by atoms with Gasteiger partial charge in [-0.15, -0.1) is 4.68 Å². The van der Waals surface area contributed by atoms with E-state index in [0.29, 0.717) is 37.6 Å². The third kappa shape index (κ3) is 4.04. The molecule has 29 heavy (non-hydrogen) atoms. The fourth-order valence-corrected chi connectivity index (χ4v) is 5.24. The Hall–Kier alpha value is -2.69. The lowest BCUT2D eigenvalue weighted by molar-refractivity contribution is -0.591. The third-order valence-electron chi connectivity index (χ3n) is 4.53. The molecule has 0 fully saturated rings. The molecule has 0 radical (unpaired) electrons. The Labute approximate surface area is 172 Å². The summed E-state index contributed by atoms with van der Waals surface area (Å²) in [5, 5.41) is 0.358. The highest BCUT2D eigenvalue weighted by Crippen LogP contribution is 2.30. The lowest BCUT2D eigenvalue weighted by atomic mass is 9.96. The number of thiazole rings is 1. The van der Waals surface area contributed by atoms with Gasteiger partial charge in [-0.1, -0.05) is 17.7 Å². The number of carbonyl (C=O) groups is 1. The average molecular weight is 437 g/mol. The lowest BCUT2D eigenvalue weighted by Gasteiger charge is -2.14. The summed E-state index contributed by atoms with van der Waals surface area (Å²) in [7, 11) is -4.45. The van der Waals surface area contributed by atoms with Crippen LogP contribution < -0.4 is 16.3 Å². The van der Waals surface area contributed by atoms with Crippen LogP contribution in [0.4, 0.5) is 5.13 Å². The summed E-state index contributed by atoms with van der Waals surface area (Å²) in [6.07, 6.45) is 0.0808. The van der Waals surface area contributed by atoms with Gasteiger partial charge in [-0.05, 0) is 67.4 Å². The molecule has 1 aromatic heterocycles. The summed E-state index contributed by atoms with van der Waals surface area (Å²) in [6, 6.07) is 6.69. The standard InChI is InChI=1S/C19H21N3O5S2/c1-4-27-18(23)14-9-16-15(22(21)19(20)28-16)8-12(14)7-13-6-10(2)5-11(3)17(13)29(24,25)26/h5-6,8-9,20H,4,7,21H2,1-3H3,(H,24,25,26)/p+1. The van der Waals surface area contributed by atoms with E-state index >= 15 is 0 Å². The Bertz CT molecular complexity index is 1230. The molecule has 1 heterocycles.